The molecule has 2 rings (SSSR count). The lowest BCUT2D eigenvalue weighted by molar-refractivity contribution is 0.0691. The second kappa shape index (κ2) is 3.72. The van der Waals surface area contributed by atoms with Gasteiger partial charge in [0.2, 0.25) is 0 Å². The number of pyridine rings is 1. The van der Waals surface area contributed by atoms with Crippen LogP contribution in [-0.2, 0) is 0 Å². The lowest BCUT2D eigenvalue weighted by atomic mass is 10.1. The van der Waals surface area contributed by atoms with Gasteiger partial charge in [0.1, 0.15) is 11.5 Å². The van der Waals surface area contributed by atoms with Gasteiger partial charge in [0.15, 0.2) is 0 Å². The summed E-state index contributed by atoms with van der Waals surface area (Å²) in [6.45, 7) is 1.73. The zero-order valence-corrected chi connectivity index (χ0v) is 9.05. The van der Waals surface area contributed by atoms with Crippen molar-refractivity contribution in [2.24, 2.45) is 0 Å². The summed E-state index contributed by atoms with van der Waals surface area (Å²) in [4.78, 5) is 14.6. The fraction of sp³-hybridized carbons (Fsp3) is 0.0909. The molecule has 0 unspecified atom stereocenters. The average Bonchev–Trinajstić information content (AvgIpc) is 2.20. The van der Waals surface area contributed by atoms with Gasteiger partial charge in [-0.25, -0.2) is 14.2 Å². The van der Waals surface area contributed by atoms with Crippen molar-refractivity contribution in [1.29, 1.82) is 0 Å². The average molecular weight is 240 g/mol. The monoisotopic (exact) mass is 239 g/mol. The summed E-state index contributed by atoms with van der Waals surface area (Å²) >= 11 is 5.64. The van der Waals surface area contributed by atoms with Gasteiger partial charge in [0.05, 0.1) is 10.5 Å². The molecule has 2 aromatic rings. The van der Waals surface area contributed by atoms with Crippen LogP contribution in [0.1, 0.15) is 16.1 Å². The Balaban J connectivity index is 2.82. The van der Waals surface area contributed by atoms with Gasteiger partial charge < -0.3 is 5.11 Å². The molecule has 16 heavy (non-hydrogen) atoms. The third-order valence-electron chi connectivity index (χ3n) is 2.28. The molecular weight excluding hydrogens is 233 g/mol. The maximum absolute atomic E-state index is 13.2. The molecule has 0 aliphatic carbocycles. The molecule has 0 bridgehead atoms. The number of aromatic carboxylic acids is 1. The highest BCUT2D eigenvalue weighted by Crippen LogP contribution is 2.24. The van der Waals surface area contributed by atoms with Crippen molar-refractivity contribution < 1.29 is 14.3 Å². The Bertz CT molecular complexity index is 598. The minimum absolute atomic E-state index is 0.000440. The molecule has 1 aromatic heterocycles. The van der Waals surface area contributed by atoms with Gasteiger partial charge in [-0.15, -0.1) is 0 Å². The number of aryl methyl sites for hydroxylation is 1. The molecule has 0 radical (unpaired) electrons. The number of rotatable bonds is 1. The number of carboxylic acids is 1. The first-order valence-corrected chi connectivity index (χ1v) is 4.86. The third kappa shape index (κ3) is 1.72. The van der Waals surface area contributed by atoms with E-state index in [1.807, 2.05) is 0 Å². The van der Waals surface area contributed by atoms with E-state index >= 15 is 0 Å². The van der Waals surface area contributed by atoms with Crippen LogP contribution in [-0.4, -0.2) is 16.1 Å². The highest BCUT2D eigenvalue weighted by atomic mass is 35.5. The standard InChI is InChI=1S/C11H7ClFNO2/c1-5-2-10(11(15)16)14-9-4-8(13)7(12)3-6(5)9/h2-4H,1H3,(H,15,16). The molecule has 0 spiro atoms. The summed E-state index contributed by atoms with van der Waals surface area (Å²) in [5, 5.41) is 9.46. The van der Waals surface area contributed by atoms with Crippen molar-refractivity contribution in [3.8, 4) is 0 Å². The van der Waals surface area contributed by atoms with Gasteiger partial charge in [-0.3, -0.25) is 0 Å². The second-order valence-electron chi connectivity index (χ2n) is 3.41. The Labute approximate surface area is 95.5 Å². The number of aromatic nitrogens is 1. The van der Waals surface area contributed by atoms with Crippen LogP contribution < -0.4 is 0 Å². The van der Waals surface area contributed by atoms with Crippen molar-refractivity contribution in [3.63, 3.8) is 0 Å². The fourth-order valence-electron chi connectivity index (χ4n) is 1.50. The number of nitrogens with zero attached hydrogens (tertiary/aromatic N) is 1. The molecule has 0 saturated carbocycles. The van der Waals surface area contributed by atoms with Crippen molar-refractivity contribution in [1.82, 2.24) is 4.98 Å². The maximum atomic E-state index is 13.2. The Morgan fingerprint density at radius 3 is 2.75 bits per heavy atom. The zero-order valence-electron chi connectivity index (χ0n) is 8.29. The van der Waals surface area contributed by atoms with Gasteiger partial charge in [-0.05, 0) is 24.6 Å². The van der Waals surface area contributed by atoms with Gasteiger partial charge in [0, 0.05) is 11.5 Å². The lowest BCUT2D eigenvalue weighted by Crippen LogP contribution is -2.01. The summed E-state index contributed by atoms with van der Waals surface area (Å²) in [6.07, 6.45) is 0. The fourth-order valence-corrected chi connectivity index (χ4v) is 1.66. The number of hydrogen-bond donors (Lipinski definition) is 1. The molecule has 0 fully saturated rings. The van der Waals surface area contributed by atoms with Crippen molar-refractivity contribution in [2.75, 3.05) is 0 Å². The molecular formula is C11H7ClFNO2. The summed E-state index contributed by atoms with van der Waals surface area (Å²) in [5.41, 5.74) is 0.885. The molecule has 0 saturated heterocycles. The Hall–Kier alpha value is -1.68. The minimum atomic E-state index is -1.14. The van der Waals surface area contributed by atoms with Crippen LogP contribution in [0.25, 0.3) is 10.9 Å². The highest BCUT2D eigenvalue weighted by molar-refractivity contribution is 6.31. The predicted octanol–water partition coefficient (Wildman–Crippen LogP) is 3.03. The number of carbonyl (C=O) groups is 1. The van der Waals surface area contributed by atoms with Crippen LogP contribution in [0.5, 0.6) is 0 Å². The lowest BCUT2D eigenvalue weighted by Gasteiger charge is -2.04. The third-order valence-corrected chi connectivity index (χ3v) is 2.57. The first-order valence-electron chi connectivity index (χ1n) is 4.48. The van der Waals surface area contributed by atoms with E-state index in [2.05, 4.69) is 4.98 Å². The summed E-state index contributed by atoms with van der Waals surface area (Å²) in [5.74, 6) is -1.75. The highest BCUT2D eigenvalue weighted by Gasteiger charge is 2.11. The van der Waals surface area contributed by atoms with E-state index < -0.39 is 11.8 Å². The van der Waals surface area contributed by atoms with Gasteiger partial charge in [0.25, 0.3) is 0 Å². The van der Waals surface area contributed by atoms with E-state index in [0.717, 1.165) is 6.07 Å². The summed E-state index contributed by atoms with van der Waals surface area (Å²) in [7, 11) is 0. The predicted molar refractivity (Wildman–Crippen MR) is 58.4 cm³/mol. The van der Waals surface area contributed by atoms with E-state index in [1.54, 1.807) is 6.92 Å². The van der Waals surface area contributed by atoms with Crippen LogP contribution in [0, 0.1) is 12.7 Å². The van der Waals surface area contributed by atoms with Crippen LogP contribution in [0.4, 0.5) is 4.39 Å². The molecule has 0 amide bonds. The van der Waals surface area contributed by atoms with E-state index in [9.17, 15) is 9.18 Å². The number of carboxylic acid groups (broad SMARTS) is 1. The van der Waals surface area contributed by atoms with E-state index in [1.165, 1.54) is 12.1 Å². The summed E-state index contributed by atoms with van der Waals surface area (Å²) < 4.78 is 13.2. The number of halogens is 2. The minimum Gasteiger partial charge on any atom is -0.477 e. The zero-order chi connectivity index (χ0) is 11.9. The smallest absolute Gasteiger partial charge is 0.354 e. The molecule has 1 aromatic carbocycles. The molecule has 0 aliphatic rings. The Kier molecular flexibility index (Phi) is 2.52. The molecule has 1 N–H and O–H groups in total. The first-order chi connectivity index (χ1) is 7.49. The largest absolute Gasteiger partial charge is 0.477 e. The number of hydrogen-bond acceptors (Lipinski definition) is 2. The van der Waals surface area contributed by atoms with Gasteiger partial charge in [-0.2, -0.15) is 0 Å². The van der Waals surface area contributed by atoms with Gasteiger partial charge >= 0.3 is 5.97 Å². The molecule has 82 valence electrons. The Morgan fingerprint density at radius 1 is 1.44 bits per heavy atom. The molecule has 5 heteroatoms. The SMILES string of the molecule is Cc1cc(C(=O)O)nc2cc(F)c(Cl)cc12. The van der Waals surface area contributed by atoms with E-state index in [-0.39, 0.29) is 10.7 Å². The maximum Gasteiger partial charge on any atom is 0.354 e. The van der Waals surface area contributed by atoms with Crippen LogP contribution in [0.3, 0.4) is 0 Å². The topological polar surface area (TPSA) is 50.2 Å². The molecule has 0 aliphatic heterocycles. The van der Waals surface area contributed by atoms with E-state index in [4.69, 9.17) is 16.7 Å². The van der Waals surface area contributed by atoms with Crippen molar-refractivity contribution >= 4 is 28.5 Å². The van der Waals surface area contributed by atoms with Gasteiger partial charge in [-0.1, -0.05) is 11.6 Å². The quantitative estimate of drug-likeness (QED) is 0.832. The van der Waals surface area contributed by atoms with Crippen LogP contribution >= 0.6 is 11.6 Å². The van der Waals surface area contributed by atoms with Crippen LogP contribution in [0.2, 0.25) is 5.02 Å². The molecule has 3 nitrogen and oxygen atoms in total. The normalized spacial score (nSPS) is 10.7. The summed E-state index contributed by atoms with van der Waals surface area (Å²) in [6, 6.07) is 4.01. The van der Waals surface area contributed by atoms with Crippen LogP contribution in [0.15, 0.2) is 18.2 Å². The van der Waals surface area contributed by atoms with E-state index in [0.29, 0.717) is 16.5 Å². The van der Waals surface area contributed by atoms with Crippen molar-refractivity contribution in [3.05, 3.63) is 40.3 Å². The number of benzene rings is 1. The second-order valence-corrected chi connectivity index (χ2v) is 3.82. The van der Waals surface area contributed by atoms with Crippen molar-refractivity contribution in [2.45, 2.75) is 6.92 Å². The Morgan fingerprint density at radius 2 is 2.12 bits per heavy atom. The molecule has 1 heterocycles. The molecule has 0 atom stereocenters. The number of fused-ring (bicyclic) bond motifs is 1. The first kappa shape index (κ1) is 10.8.